The first-order valence-electron chi connectivity index (χ1n) is 9.80. The van der Waals surface area contributed by atoms with E-state index >= 15 is 0 Å². The minimum atomic E-state index is 0.479. The van der Waals surface area contributed by atoms with E-state index in [1.165, 1.54) is 0 Å². The van der Waals surface area contributed by atoms with Gasteiger partial charge in [0.2, 0.25) is 0 Å². The molecule has 28 heavy (non-hydrogen) atoms. The molecule has 0 aliphatic carbocycles. The Morgan fingerprint density at radius 2 is 1.89 bits per heavy atom. The summed E-state index contributed by atoms with van der Waals surface area (Å²) < 4.78 is 16.8. The van der Waals surface area contributed by atoms with Crippen molar-refractivity contribution < 1.29 is 14.2 Å². The van der Waals surface area contributed by atoms with E-state index in [1.54, 1.807) is 7.11 Å². The molecule has 0 bridgehead atoms. The van der Waals surface area contributed by atoms with Gasteiger partial charge in [0.15, 0.2) is 11.5 Å². The molecule has 2 aromatic carbocycles. The maximum atomic E-state index is 6.48. The van der Waals surface area contributed by atoms with Crippen LogP contribution in [0.1, 0.15) is 17.5 Å². The van der Waals surface area contributed by atoms with Crippen molar-refractivity contribution in [3.05, 3.63) is 58.6 Å². The van der Waals surface area contributed by atoms with Gasteiger partial charge < -0.3 is 19.5 Å². The van der Waals surface area contributed by atoms with Gasteiger partial charge in [0.1, 0.15) is 6.61 Å². The van der Waals surface area contributed by atoms with Crippen LogP contribution >= 0.6 is 11.6 Å². The van der Waals surface area contributed by atoms with Gasteiger partial charge in [0, 0.05) is 30.7 Å². The Hall–Kier alpha value is -1.79. The first-order valence-corrected chi connectivity index (χ1v) is 10.2. The molecule has 0 saturated carbocycles. The number of methoxy groups -OCH3 is 1. The van der Waals surface area contributed by atoms with Crippen LogP contribution in [0.15, 0.2) is 42.5 Å². The molecule has 2 aromatic rings. The van der Waals surface area contributed by atoms with Crippen molar-refractivity contribution in [3.63, 3.8) is 0 Å². The summed E-state index contributed by atoms with van der Waals surface area (Å²) in [6.07, 6.45) is 1.10. The van der Waals surface area contributed by atoms with Crippen LogP contribution in [-0.2, 0) is 17.9 Å². The van der Waals surface area contributed by atoms with E-state index in [1.807, 2.05) is 42.5 Å². The van der Waals surface area contributed by atoms with Crippen LogP contribution in [0.3, 0.4) is 0 Å². The third-order valence-corrected chi connectivity index (χ3v) is 5.17. The third kappa shape index (κ3) is 6.38. The van der Waals surface area contributed by atoms with Gasteiger partial charge in [-0.3, -0.25) is 4.90 Å². The number of halogens is 1. The van der Waals surface area contributed by atoms with Gasteiger partial charge in [-0.1, -0.05) is 41.9 Å². The fourth-order valence-corrected chi connectivity index (χ4v) is 3.42. The average Bonchev–Trinajstić information content (AvgIpc) is 2.74. The molecule has 1 heterocycles. The molecule has 1 aliphatic rings. The minimum Gasteiger partial charge on any atom is -0.493 e. The summed E-state index contributed by atoms with van der Waals surface area (Å²) in [5, 5.41) is 4.16. The SMILES string of the molecule is COc1cc(CNCCCN2CCOCC2)c(Cl)cc1OCc1ccccc1. The molecular weight excluding hydrogens is 376 g/mol. The normalized spacial score (nSPS) is 14.8. The number of nitrogens with one attached hydrogen (secondary N) is 1. The molecular formula is C22H29ClN2O3. The molecule has 1 aliphatic heterocycles. The quantitative estimate of drug-likeness (QED) is 0.611. The molecule has 1 fully saturated rings. The Bertz CT molecular complexity index is 721. The number of nitrogens with zero attached hydrogens (tertiary/aromatic N) is 1. The average molecular weight is 405 g/mol. The number of benzene rings is 2. The van der Waals surface area contributed by atoms with Crippen LogP contribution in [0.4, 0.5) is 0 Å². The summed E-state index contributed by atoms with van der Waals surface area (Å²) in [6, 6.07) is 13.8. The van der Waals surface area contributed by atoms with E-state index < -0.39 is 0 Å². The van der Waals surface area contributed by atoms with E-state index in [9.17, 15) is 0 Å². The lowest BCUT2D eigenvalue weighted by atomic mass is 10.2. The molecule has 6 heteroatoms. The molecule has 0 unspecified atom stereocenters. The summed E-state index contributed by atoms with van der Waals surface area (Å²) in [6.45, 7) is 7.00. The summed E-state index contributed by atoms with van der Waals surface area (Å²) >= 11 is 6.48. The van der Waals surface area contributed by atoms with Crippen molar-refractivity contribution >= 4 is 11.6 Å². The molecule has 0 amide bonds. The number of hydrogen-bond acceptors (Lipinski definition) is 5. The zero-order valence-electron chi connectivity index (χ0n) is 16.5. The van der Waals surface area contributed by atoms with Gasteiger partial charge in [0.05, 0.1) is 20.3 Å². The van der Waals surface area contributed by atoms with Gasteiger partial charge in [-0.05, 0) is 36.7 Å². The Morgan fingerprint density at radius 1 is 1.11 bits per heavy atom. The summed E-state index contributed by atoms with van der Waals surface area (Å²) in [7, 11) is 1.65. The predicted octanol–water partition coefficient (Wildman–Crippen LogP) is 3.74. The lowest BCUT2D eigenvalue weighted by molar-refractivity contribution is 0.0374. The first kappa shape index (κ1) is 20.9. The molecule has 0 atom stereocenters. The number of hydrogen-bond donors (Lipinski definition) is 1. The van der Waals surface area contributed by atoms with E-state index in [0.29, 0.717) is 29.7 Å². The van der Waals surface area contributed by atoms with Crippen molar-refractivity contribution in [2.75, 3.05) is 46.5 Å². The third-order valence-electron chi connectivity index (χ3n) is 4.82. The van der Waals surface area contributed by atoms with Crippen molar-refractivity contribution in [2.45, 2.75) is 19.6 Å². The molecule has 5 nitrogen and oxygen atoms in total. The molecule has 0 radical (unpaired) electrons. The second kappa shape index (κ2) is 11.3. The molecule has 3 rings (SSSR count). The molecule has 152 valence electrons. The van der Waals surface area contributed by atoms with Crippen LogP contribution in [0.2, 0.25) is 5.02 Å². The van der Waals surface area contributed by atoms with E-state index in [0.717, 1.165) is 56.9 Å². The van der Waals surface area contributed by atoms with Gasteiger partial charge in [-0.25, -0.2) is 0 Å². The first-order chi connectivity index (χ1) is 13.8. The Labute approximate surface area is 172 Å². The Morgan fingerprint density at radius 3 is 2.64 bits per heavy atom. The van der Waals surface area contributed by atoms with Gasteiger partial charge in [-0.15, -0.1) is 0 Å². The smallest absolute Gasteiger partial charge is 0.163 e. The van der Waals surface area contributed by atoms with Gasteiger partial charge in [0.25, 0.3) is 0 Å². The summed E-state index contributed by atoms with van der Waals surface area (Å²) in [5.41, 5.74) is 2.11. The highest BCUT2D eigenvalue weighted by Crippen LogP contribution is 2.33. The fraction of sp³-hybridized carbons (Fsp3) is 0.455. The molecule has 0 aromatic heterocycles. The van der Waals surface area contributed by atoms with Crippen molar-refractivity contribution in [3.8, 4) is 11.5 Å². The molecule has 1 saturated heterocycles. The van der Waals surface area contributed by atoms with Crippen LogP contribution in [0.5, 0.6) is 11.5 Å². The number of rotatable bonds is 10. The van der Waals surface area contributed by atoms with Gasteiger partial charge in [-0.2, -0.15) is 0 Å². The predicted molar refractivity (Wildman–Crippen MR) is 112 cm³/mol. The largest absolute Gasteiger partial charge is 0.493 e. The van der Waals surface area contributed by atoms with Gasteiger partial charge >= 0.3 is 0 Å². The highest BCUT2D eigenvalue weighted by Gasteiger charge is 2.12. The van der Waals surface area contributed by atoms with Crippen LogP contribution < -0.4 is 14.8 Å². The van der Waals surface area contributed by atoms with Crippen molar-refractivity contribution in [2.24, 2.45) is 0 Å². The highest BCUT2D eigenvalue weighted by atomic mass is 35.5. The zero-order chi connectivity index (χ0) is 19.6. The fourth-order valence-electron chi connectivity index (χ4n) is 3.20. The second-order valence-corrected chi connectivity index (χ2v) is 7.26. The highest BCUT2D eigenvalue weighted by molar-refractivity contribution is 6.31. The number of ether oxygens (including phenoxy) is 3. The van der Waals surface area contributed by atoms with E-state index in [4.69, 9.17) is 25.8 Å². The summed E-state index contributed by atoms with van der Waals surface area (Å²) in [5.74, 6) is 1.36. The summed E-state index contributed by atoms with van der Waals surface area (Å²) in [4.78, 5) is 2.44. The number of morpholine rings is 1. The second-order valence-electron chi connectivity index (χ2n) is 6.85. The van der Waals surface area contributed by atoms with Crippen LogP contribution in [0.25, 0.3) is 0 Å². The lowest BCUT2D eigenvalue weighted by Gasteiger charge is -2.26. The minimum absolute atomic E-state index is 0.479. The maximum absolute atomic E-state index is 6.48. The zero-order valence-corrected chi connectivity index (χ0v) is 17.2. The van der Waals surface area contributed by atoms with E-state index in [-0.39, 0.29) is 0 Å². The van der Waals surface area contributed by atoms with Crippen LogP contribution in [0, 0.1) is 0 Å². The Balaban J connectivity index is 1.48. The molecule has 1 N–H and O–H groups in total. The monoisotopic (exact) mass is 404 g/mol. The van der Waals surface area contributed by atoms with Crippen molar-refractivity contribution in [1.29, 1.82) is 0 Å². The van der Waals surface area contributed by atoms with Crippen LogP contribution in [-0.4, -0.2) is 51.4 Å². The lowest BCUT2D eigenvalue weighted by Crippen LogP contribution is -2.37. The molecule has 0 spiro atoms. The van der Waals surface area contributed by atoms with E-state index in [2.05, 4.69) is 10.2 Å². The topological polar surface area (TPSA) is 43.0 Å². The van der Waals surface area contributed by atoms with Crippen molar-refractivity contribution in [1.82, 2.24) is 10.2 Å². The Kier molecular flexibility index (Phi) is 8.42. The maximum Gasteiger partial charge on any atom is 0.163 e. The standard InChI is InChI=1S/C22H29ClN2O3/c1-26-21-14-19(16-24-8-5-9-25-10-12-27-13-11-25)20(23)15-22(21)28-17-18-6-3-2-4-7-18/h2-4,6-7,14-15,24H,5,8-13,16-17H2,1H3.